The summed E-state index contributed by atoms with van der Waals surface area (Å²) in [6.07, 6.45) is -0.109. The monoisotopic (exact) mass is 216 g/mol. The highest BCUT2D eigenvalue weighted by atomic mass is 19.4. The maximum atomic E-state index is 12.4. The predicted molar refractivity (Wildman–Crippen MR) is 48.9 cm³/mol. The van der Waals surface area contributed by atoms with Crippen molar-refractivity contribution in [2.75, 3.05) is 0 Å². The molecule has 0 radical (unpaired) electrons. The molecule has 15 heavy (non-hydrogen) atoms. The molecule has 0 amide bonds. The van der Waals surface area contributed by atoms with Crippen molar-refractivity contribution in [1.82, 2.24) is 4.98 Å². The first kappa shape index (κ1) is 10.4. The van der Waals surface area contributed by atoms with Gasteiger partial charge in [0.25, 0.3) is 0 Å². The lowest BCUT2D eigenvalue weighted by Crippen LogP contribution is -2.14. The fourth-order valence-corrected chi connectivity index (χ4v) is 1.52. The summed E-state index contributed by atoms with van der Waals surface area (Å²) in [5.74, 6) is 0.329. The van der Waals surface area contributed by atoms with Crippen LogP contribution in [-0.2, 0) is 6.18 Å². The molecule has 0 spiro atoms. The van der Waals surface area contributed by atoms with Crippen LogP contribution in [-0.4, -0.2) is 4.98 Å². The van der Waals surface area contributed by atoms with Gasteiger partial charge in [0.15, 0.2) is 0 Å². The summed E-state index contributed by atoms with van der Waals surface area (Å²) in [5, 5.41) is 0. The molecule has 2 nitrogen and oxygen atoms in total. The van der Waals surface area contributed by atoms with Gasteiger partial charge < -0.3 is 5.73 Å². The number of nitrogens with two attached hydrogens (primary N) is 1. The molecule has 2 N–H and O–H groups in total. The van der Waals surface area contributed by atoms with Gasteiger partial charge >= 0.3 is 6.18 Å². The second-order valence-electron chi connectivity index (χ2n) is 3.87. The van der Waals surface area contributed by atoms with Crippen LogP contribution in [0.5, 0.6) is 0 Å². The van der Waals surface area contributed by atoms with E-state index in [2.05, 4.69) is 4.98 Å². The van der Waals surface area contributed by atoms with Gasteiger partial charge in [0.1, 0.15) is 0 Å². The molecule has 0 aromatic carbocycles. The molecule has 1 aromatic heterocycles. The topological polar surface area (TPSA) is 38.9 Å². The van der Waals surface area contributed by atoms with Gasteiger partial charge in [0.05, 0.1) is 5.56 Å². The molecule has 0 aliphatic heterocycles. The van der Waals surface area contributed by atoms with Crippen LogP contribution in [0.1, 0.15) is 30.0 Å². The number of rotatable bonds is 2. The maximum Gasteiger partial charge on any atom is 0.417 e. The van der Waals surface area contributed by atoms with Crippen LogP contribution in [0, 0.1) is 5.92 Å². The van der Waals surface area contributed by atoms with Crippen molar-refractivity contribution in [2.24, 2.45) is 11.7 Å². The van der Waals surface area contributed by atoms with E-state index in [0.717, 1.165) is 25.1 Å². The fraction of sp³-hybridized carbons (Fsp3) is 0.500. The second-order valence-corrected chi connectivity index (χ2v) is 3.87. The third-order valence-electron chi connectivity index (χ3n) is 2.60. The molecule has 1 aliphatic rings. The van der Waals surface area contributed by atoms with E-state index in [1.54, 1.807) is 0 Å². The number of hydrogen-bond donors (Lipinski definition) is 1. The van der Waals surface area contributed by atoms with Gasteiger partial charge in [0, 0.05) is 18.4 Å². The quantitative estimate of drug-likeness (QED) is 0.824. The van der Waals surface area contributed by atoms with Gasteiger partial charge in [0.2, 0.25) is 0 Å². The molecule has 0 unspecified atom stereocenters. The first-order valence-electron chi connectivity index (χ1n) is 4.76. The van der Waals surface area contributed by atoms with E-state index in [1.165, 1.54) is 6.20 Å². The zero-order valence-electron chi connectivity index (χ0n) is 7.96. The Morgan fingerprint density at radius 2 is 2.00 bits per heavy atom. The van der Waals surface area contributed by atoms with Crippen molar-refractivity contribution in [3.8, 4) is 0 Å². The van der Waals surface area contributed by atoms with Crippen LogP contribution in [0.3, 0.4) is 0 Å². The van der Waals surface area contributed by atoms with E-state index >= 15 is 0 Å². The third-order valence-corrected chi connectivity index (χ3v) is 2.60. The van der Waals surface area contributed by atoms with Crippen molar-refractivity contribution < 1.29 is 13.2 Å². The van der Waals surface area contributed by atoms with Gasteiger partial charge in [-0.1, -0.05) is 0 Å². The Hall–Kier alpha value is -1.10. The lowest BCUT2D eigenvalue weighted by molar-refractivity contribution is -0.137. The Balaban J connectivity index is 2.25. The summed E-state index contributed by atoms with van der Waals surface area (Å²) in [6.45, 7) is 0. The number of aromatic nitrogens is 1. The Morgan fingerprint density at radius 3 is 2.53 bits per heavy atom. The van der Waals surface area contributed by atoms with E-state index < -0.39 is 11.7 Å². The van der Waals surface area contributed by atoms with Crippen LogP contribution in [0.15, 0.2) is 18.5 Å². The average molecular weight is 216 g/mol. The standard InChI is InChI=1S/C10H11F3N2/c11-10(12,13)8-3-7(4-15-5-8)9(14)6-1-2-6/h3-6,9H,1-2,14H2/t9-/m1/s1. The predicted octanol–water partition coefficient (Wildman–Crippen LogP) is 2.51. The lowest BCUT2D eigenvalue weighted by Gasteiger charge is -2.12. The molecule has 0 saturated heterocycles. The number of halogens is 3. The molecule has 5 heteroatoms. The number of pyridine rings is 1. The van der Waals surface area contributed by atoms with Crippen molar-refractivity contribution in [3.63, 3.8) is 0 Å². The first-order valence-corrected chi connectivity index (χ1v) is 4.76. The summed E-state index contributed by atoms with van der Waals surface area (Å²) in [5.41, 5.74) is 5.56. The molecule has 1 aromatic rings. The Labute approximate surface area is 85.3 Å². The minimum absolute atomic E-state index is 0.306. The van der Waals surface area contributed by atoms with Crippen molar-refractivity contribution in [3.05, 3.63) is 29.6 Å². The first-order chi connectivity index (χ1) is 6.98. The number of alkyl halides is 3. The highest BCUT2D eigenvalue weighted by molar-refractivity contribution is 5.24. The largest absolute Gasteiger partial charge is 0.417 e. The molecule has 0 bridgehead atoms. The molecule has 1 fully saturated rings. The molecule has 1 saturated carbocycles. The number of hydrogen-bond acceptors (Lipinski definition) is 2. The molecule has 82 valence electrons. The summed E-state index contributed by atoms with van der Waals surface area (Å²) in [7, 11) is 0. The molecular formula is C10H11F3N2. The lowest BCUT2D eigenvalue weighted by atomic mass is 10.0. The Kier molecular flexibility index (Phi) is 2.42. The normalized spacial score (nSPS) is 18.9. The van der Waals surface area contributed by atoms with Gasteiger partial charge in [-0.2, -0.15) is 13.2 Å². The fourth-order valence-electron chi connectivity index (χ4n) is 1.52. The summed E-state index contributed by atoms with van der Waals surface area (Å²) in [4.78, 5) is 3.58. The smallest absolute Gasteiger partial charge is 0.324 e. The maximum absolute atomic E-state index is 12.4. The van der Waals surface area contributed by atoms with Crippen LogP contribution < -0.4 is 5.73 Å². The van der Waals surface area contributed by atoms with Crippen molar-refractivity contribution in [1.29, 1.82) is 0 Å². The van der Waals surface area contributed by atoms with E-state index in [-0.39, 0.29) is 6.04 Å². The summed E-state index contributed by atoms with van der Waals surface area (Å²) in [6, 6.07) is 0.787. The van der Waals surface area contributed by atoms with E-state index in [9.17, 15) is 13.2 Å². The summed E-state index contributed by atoms with van der Waals surface area (Å²) < 4.78 is 37.1. The van der Waals surface area contributed by atoms with Gasteiger partial charge in [-0.05, 0) is 30.4 Å². The minimum atomic E-state index is -4.34. The third kappa shape index (κ3) is 2.28. The summed E-state index contributed by atoms with van der Waals surface area (Å²) >= 11 is 0. The van der Waals surface area contributed by atoms with Crippen molar-refractivity contribution in [2.45, 2.75) is 25.1 Å². The molecule has 1 heterocycles. The van der Waals surface area contributed by atoms with Gasteiger partial charge in [-0.15, -0.1) is 0 Å². The van der Waals surface area contributed by atoms with Crippen LogP contribution >= 0.6 is 0 Å². The number of nitrogens with zero attached hydrogens (tertiary/aromatic N) is 1. The van der Waals surface area contributed by atoms with Crippen LogP contribution in [0.2, 0.25) is 0 Å². The average Bonchev–Trinajstić information content (AvgIpc) is 2.99. The van der Waals surface area contributed by atoms with E-state index in [1.807, 2.05) is 0 Å². The molecule has 1 atom stereocenters. The molecule has 2 rings (SSSR count). The molecular weight excluding hydrogens is 205 g/mol. The zero-order chi connectivity index (χ0) is 11.1. The Morgan fingerprint density at radius 1 is 1.33 bits per heavy atom. The van der Waals surface area contributed by atoms with Crippen molar-refractivity contribution >= 4 is 0 Å². The van der Waals surface area contributed by atoms with Crippen LogP contribution in [0.25, 0.3) is 0 Å². The van der Waals surface area contributed by atoms with Crippen LogP contribution in [0.4, 0.5) is 13.2 Å². The SMILES string of the molecule is N[C@@H](c1cncc(C(F)(F)F)c1)C1CC1. The Bertz CT molecular complexity index is 358. The highest BCUT2D eigenvalue weighted by Gasteiger charge is 2.34. The van der Waals surface area contributed by atoms with E-state index in [0.29, 0.717) is 11.5 Å². The van der Waals surface area contributed by atoms with E-state index in [4.69, 9.17) is 5.73 Å². The highest BCUT2D eigenvalue weighted by Crippen LogP contribution is 2.40. The minimum Gasteiger partial charge on any atom is -0.324 e. The zero-order valence-corrected chi connectivity index (χ0v) is 7.96. The van der Waals surface area contributed by atoms with Gasteiger partial charge in [-0.3, -0.25) is 4.98 Å². The molecule has 1 aliphatic carbocycles. The second kappa shape index (κ2) is 3.48. The van der Waals surface area contributed by atoms with Gasteiger partial charge in [-0.25, -0.2) is 0 Å².